The molecule has 0 N–H and O–H groups in total. The molecule has 0 saturated carbocycles. The van der Waals surface area contributed by atoms with Gasteiger partial charge in [0.1, 0.15) is 0 Å². The number of hydrogen-bond donors (Lipinski definition) is 0. The first kappa shape index (κ1) is 12.6. The van der Waals surface area contributed by atoms with Crippen molar-refractivity contribution in [3.63, 3.8) is 0 Å². The molecule has 0 amide bonds. The monoisotopic (exact) mass is 242 g/mol. The molecule has 0 saturated heterocycles. The van der Waals surface area contributed by atoms with Gasteiger partial charge in [0, 0.05) is 23.4 Å². The van der Waals surface area contributed by atoms with E-state index in [4.69, 9.17) is 0 Å². The van der Waals surface area contributed by atoms with Crippen LogP contribution >= 0.6 is 0 Å². The molecule has 0 aliphatic rings. The molecule has 2 aromatic rings. The first-order chi connectivity index (χ1) is 8.63. The Labute approximate surface area is 107 Å². The standard InChI is InChI=1S/C15H18N2O/c1-4-9-17-11(2)15(10-16-17)14-7-5-13(6-8-14)12(3)18/h5-8,10H,4,9H2,1-3H3. The first-order valence-corrected chi connectivity index (χ1v) is 6.27. The fourth-order valence-electron chi connectivity index (χ4n) is 2.05. The Morgan fingerprint density at radius 2 is 1.94 bits per heavy atom. The van der Waals surface area contributed by atoms with Crippen LogP contribution in [0.25, 0.3) is 11.1 Å². The molecule has 0 atom stereocenters. The third-order valence-corrected chi connectivity index (χ3v) is 3.14. The highest BCUT2D eigenvalue weighted by atomic mass is 16.1. The number of carbonyl (C=O) groups is 1. The Morgan fingerprint density at radius 3 is 2.50 bits per heavy atom. The zero-order valence-corrected chi connectivity index (χ0v) is 11.1. The second-order valence-electron chi connectivity index (χ2n) is 4.50. The maximum absolute atomic E-state index is 11.2. The van der Waals surface area contributed by atoms with Gasteiger partial charge in [0.15, 0.2) is 5.78 Å². The van der Waals surface area contributed by atoms with Gasteiger partial charge in [0.25, 0.3) is 0 Å². The number of ketones is 1. The van der Waals surface area contributed by atoms with Gasteiger partial charge in [-0.15, -0.1) is 0 Å². The van der Waals surface area contributed by atoms with Crippen molar-refractivity contribution in [3.05, 3.63) is 41.7 Å². The topological polar surface area (TPSA) is 34.9 Å². The number of Topliss-reactive ketones (excluding diaryl/α,β-unsaturated/α-hetero) is 1. The van der Waals surface area contributed by atoms with E-state index in [1.54, 1.807) is 6.92 Å². The molecule has 18 heavy (non-hydrogen) atoms. The Kier molecular flexibility index (Phi) is 3.60. The molecule has 0 radical (unpaired) electrons. The van der Waals surface area contributed by atoms with Crippen LogP contribution < -0.4 is 0 Å². The molecule has 2 rings (SSSR count). The van der Waals surface area contributed by atoms with Crippen molar-refractivity contribution in [1.82, 2.24) is 9.78 Å². The summed E-state index contributed by atoms with van der Waals surface area (Å²) in [5, 5.41) is 4.39. The summed E-state index contributed by atoms with van der Waals surface area (Å²) in [6.45, 7) is 6.75. The highest BCUT2D eigenvalue weighted by Crippen LogP contribution is 2.23. The molecule has 0 spiro atoms. The Hall–Kier alpha value is -1.90. The van der Waals surface area contributed by atoms with Crippen LogP contribution in [0.2, 0.25) is 0 Å². The summed E-state index contributed by atoms with van der Waals surface area (Å²) < 4.78 is 2.02. The minimum Gasteiger partial charge on any atom is -0.295 e. The highest BCUT2D eigenvalue weighted by molar-refractivity contribution is 5.94. The van der Waals surface area contributed by atoms with Crippen LogP contribution in [0, 0.1) is 6.92 Å². The molecular weight excluding hydrogens is 224 g/mol. The van der Waals surface area contributed by atoms with Gasteiger partial charge >= 0.3 is 0 Å². The van der Waals surface area contributed by atoms with Gasteiger partial charge in [-0.2, -0.15) is 5.10 Å². The predicted molar refractivity (Wildman–Crippen MR) is 72.7 cm³/mol. The lowest BCUT2D eigenvalue weighted by Gasteiger charge is -2.04. The van der Waals surface area contributed by atoms with Crippen molar-refractivity contribution in [1.29, 1.82) is 0 Å². The van der Waals surface area contributed by atoms with Crippen LogP contribution in [-0.2, 0) is 6.54 Å². The number of aromatic nitrogens is 2. The molecule has 1 heterocycles. The molecule has 1 aromatic heterocycles. The van der Waals surface area contributed by atoms with Gasteiger partial charge in [-0.25, -0.2) is 0 Å². The van der Waals surface area contributed by atoms with E-state index in [-0.39, 0.29) is 5.78 Å². The quantitative estimate of drug-likeness (QED) is 0.769. The van der Waals surface area contributed by atoms with Crippen molar-refractivity contribution in [2.45, 2.75) is 33.7 Å². The molecule has 94 valence electrons. The summed E-state index contributed by atoms with van der Waals surface area (Å²) >= 11 is 0. The number of aryl methyl sites for hydroxylation is 1. The molecular formula is C15H18N2O. The van der Waals surface area contributed by atoms with Crippen LogP contribution in [-0.4, -0.2) is 15.6 Å². The minimum atomic E-state index is 0.0972. The van der Waals surface area contributed by atoms with Crippen molar-refractivity contribution in [2.24, 2.45) is 0 Å². The summed E-state index contributed by atoms with van der Waals surface area (Å²) in [4.78, 5) is 11.2. The van der Waals surface area contributed by atoms with Crippen molar-refractivity contribution < 1.29 is 4.79 Å². The fourth-order valence-corrected chi connectivity index (χ4v) is 2.05. The SMILES string of the molecule is CCCn1ncc(-c2ccc(C(C)=O)cc2)c1C. The molecule has 3 heteroatoms. The van der Waals surface area contributed by atoms with Gasteiger partial charge < -0.3 is 0 Å². The highest BCUT2D eigenvalue weighted by Gasteiger charge is 2.08. The van der Waals surface area contributed by atoms with Gasteiger partial charge in [-0.05, 0) is 25.8 Å². The van der Waals surface area contributed by atoms with Gasteiger partial charge in [-0.1, -0.05) is 31.2 Å². The summed E-state index contributed by atoms with van der Waals surface area (Å²) in [7, 11) is 0. The van der Waals surface area contributed by atoms with E-state index in [1.165, 1.54) is 5.69 Å². The lowest BCUT2D eigenvalue weighted by Crippen LogP contribution is -2.00. The van der Waals surface area contributed by atoms with E-state index >= 15 is 0 Å². The normalized spacial score (nSPS) is 10.6. The third kappa shape index (κ3) is 2.35. The second kappa shape index (κ2) is 5.17. The maximum atomic E-state index is 11.2. The smallest absolute Gasteiger partial charge is 0.159 e. The van der Waals surface area contributed by atoms with E-state index in [0.717, 1.165) is 29.7 Å². The number of benzene rings is 1. The van der Waals surface area contributed by atoms with Crippen molar-refractivity contribution in [3.8, 4) is 11.1 Å². The summed E-state index contributed by atoms with van der Waals surface area (Å²) in [6, 6.07) is 7.70. The zero-order valence-electron chi connectivity index (χ0n) is 11.1. The summed E-state index contributed by atoms with van der Waals surface area (Å²) in [5.74, 6) is 0.0972. The molecule has 0 bridgehead atoms. The minimum absolute atomic E-state index is 0.0972. The zero-order chi connectivity index (χ0) is 13.1. The lowest BCUT2D eigenvalue weighted by atomic mass is 10.0. The van der Waals surface area contributed by atoms with Crippen LogP contribution in [0.1, 0.15) is 36.3 Å². The first-order valence-electron chi connectivity index (χ1n) is 6.27. The summed E-state index contributed by atoms with van der Waals surface area (Å²) in [6.07, 6.45) is 2.97. The predicted octanol–water partition coefficient (Wildman–Crippen LogP) is 3.47. The van der Waals surface area contributed by atoms with Crippen molar-refractivity contribution in [2.75, 3.05) is 0 Å². The van der Waals surface area contributed by atoms with Crippen LogP contribution in [0.3, 0.4) is 0 Å². The molecule has 0 unspecified atom stereocenters. The van der Waals surface area contributed by atoms with E-state index in [9.17, 15) is 4.79 Å². The largest absolute Gasteiger partial charge is 0.295 e. The van der Waals surface area contributed by atoms with E-state index in [2.05, 4.69) is 18.9 Å². The van der Waals surface area contributed by atoms with Crippen LogP contribution in [0.5, 0.6) is 0 Å². The molecule has 0 aliphatic carbocycles. The third-order valence-electron chi connectivity index (χ3n) is 3.14. The molecule has 0 fully saturated rings. The fraction of sp³-hybridized carbons (Fsp3) is 0.333. The maximum Gasteiger partial charge on any atom is 0.159 e. The van der Waals surface area contributed by atoms with Gasteiger partial charge in [0.2, 0.25) is 0 Å². The Morgan fingerprint density at radius 1 is 1.28 bits per heavy atom. The number of nitrogens with zero attached hydrogens (tertiary/aromatic N) is 2. The molecule has 3 nitrogen and oxygen atoms in total. The van der Waals surface area contributed by atoms with Gasteiger partial charge in [-0.3, -0.25) is 9.48 Å². The lowest BCUT2D eigenvalue weighted by molar-refractivity contribution is 0.101. The van der Waals surface area contributed by atoms with E-state index < -0.39 is 0 Å². The van der Waals surface area contributed by atoms with E-state index in [1.807, 2.05) is 35.1 Å². The summed E-state index contributed by atoms with van der Waals surface area (Å²) in [5.41, 5.74) is 4.17. The second-order valence-corrected chi connectivity index (χ2v) is 4.50. The van der Waals surface area contributed by atoms with Crippen molar-refractivity contribution >= 4 is 5.78 Å². The van der Waals surface area contributed by atoms with E-state index in [0.29, 0.717) is 0 Å². The average molecular weight is 242 g/mol. The molecule has 1 aromatic carbocycles. The molecule has 0 aliphatic heterocycles. The van der Waals surface area contributed by atoms with Gasteiger partial charge in [0.05, 0.1) is 6.20 Å². The Bertz CT molecular complexity index is 552. The Balaban J connectivity index is 2.34. The van der Waals surface area contributed by atoms with Crippen LogP contribution in [0.15, 0.2) is 30.5 Å². The average Bonchev–Trinajstić information content (AvgIpc) is 2.72. The number of hydrogen-bond acceptors (Lipinski definition) is 2. The number of rotatable bonds is 4. The van der Waals surface area contributed by atoms with Crippen LogP contribution in [0.4, 0.5) is 0 Å². The number of carbonyl (C=O) groups excluding carboxylic acids is 1.